The van der Waals surface area contributed by atoms with Gasteiger partial charge in [0.25, 0.3) is 0 Å². The van der Waals surface area contributed by atoms with E-state index in [0.29, 0.717) is 12.1 Å². The molecule has 1 aromatic rings. The van der Waals surface area contributed by atoms with Gasteiger partial charge in [0.1, 0.15) is 0 Å². The summed E-state index contributed by atoms with van der Waals surface area (Å²) < 4.78 is 0. The third-order valence-electron chi connectivity index (χ3n) is 7.31. The smallest absolute Gasteiger partial charge is 0.0743 e. The van der Waals surface area contributed by atoms with Crippen molar-refractivity contribution >= 4 is 23.3 Å². The van der Waals surface area contributed by atoms with Crippen LogP contribution in [-0.2, 0) is 0 Å². The number of aliphatic imine (C=N–C) groups is 1. The van der Waals surface area contributed by atoms with Gasteiger partial charge in [0.15, 0.2) is 0 Å². The number of nitrogens with zero attached hydrogens (tertiary/aromatic N) is 4. The maximum Gasteiger partial charge on any atom is 0.0743 e. The fourth-order valence-corrected chi connectivity index (χ4v) is 5.14. The van der Waals surface area contributed by atoms with Gasteiger partial charge in [-0.15, -0.1) is 0 Å². The van der Waals surface area contributed by atoms with E-state index in [2.05, 4.69) is 64.5 Å². The minimum atomic E-state index is 0.169. The summed E-state index contributed by atoms with van der Waals surface area (Å²) in [4.78, 5) is 12.0. The monoisotopic (exact) mass is 437 g/mol. The molecule has 7 heteroatoms. The van der Waals surface area contributed by atoms with E-state index in [1.165, 1.54) is 17.1 Å². The zero-order chi connectivity index (χ0) is 22.7. The van der Waals surface area contributed by atoms with E-state index in [1.807, 2.05) is 13.3 Å². The number of likely N-dealkylation sites (N-methyl/N-ethyl adjacent to an activating group) is 3. The number of hydrogen-bond donors (Lipinski definition) is 3. The van der Waals surface area contributed by atoms with Crippen LogP contribution >= 0.6 is 0 Å². The summed E-state index contributed by atoms with van der Waals surface area (Å²) in [6.07, 6.45) is 11.7. The molecule has 0 aromatic heterocycles. The van der Waals surface area contributed by atoms with Gasteiger partial charge < -0.3 is 31.5 Å². The second kappa shape index (κ2) is 9.96. The van der Waals surface area contributed by atoms with Crippen molar-refractivity contribution in [3.8, 4) is 0 Å². The van der Waals surface area contributed by atoms with Gasteiger partial charge in [0, 0.05) is 63.4 Å². The molecular formula is C25H39N7. The summed E-state index contributed by atoms with van der Waals surface area (Å²) in [6, 6.07) is 7.77. The molecule has 0 spiro atoms. The van der Waals surface area contributed by atoms with E-state index >= 15 is 0 Å². The lowest BCUT2D eigenvalue weighted by atomic mass is 9.78. The highest BCUT2D eigenvalue weighted by Gasteiger charge is 2.31. The molecule has 4 rings (SSSR count). The molecule has 1 saturated carbocycles. The zero-order valence-electron chi connectivity index (χ0n) is 19.7. The van der Waals surface area contributed by atoms with Crippen LogP contribution in [0.2, 0.25) is 0 Å². The Morgan fingerprint density at radius 3 is 2.75 bits per heavy atom. The Balaban J connectivity index is 1.50. The normalized spacial score (nSPS) is 28.2. The number of hydrogen-bond acceptors (Lipinski definition) is 7. The van der Waals surface area contributed by atoms with Crippen molar-refractivity contribution in [1.29, 1.82) is 0 Å². The van der Waals surface area contributed by atoms with Crippen LogP contribution in [0.5, 0.6) is 0 Å². The van der Waals surface area contributed by atoms with Crippen molar-refractivity contribution in [2.45, 2.75) is 37.4 Å². The molecule has 3 aliphatic rings. The molecule has 1 aromatic carbocycles. The number of rotatable bonds is 7. The van der Waals surface area contributed by atoms with Gasteiger partial charge in [-0.25, -0.2) is 0 Å². The Kier molecular flexibility index (Phi) is 7.06. The average molecular weight is 438 g/mol. The van der Waals surface area contributed by atoms with E-state index in [4.69, 9.17) is 16.5 Å². The fourth-order valence-electron chi connectivity index (χ4n) is 5.14. The van der Waals surface area contributed by atoms with Crippen LogP contribution in [0.1, 0.15) is 19.3 Å². The van der Waals surface area contributed by atoms with Gasteiger partial charge in [-0.3, -0.25) is 4.99 Å². The molecule has 0 radical (unpaired) electrons. The Hall–Kier alpha value is -2.51. The number of anilines is 3. The van der Waals surface area contributed by atoms with Crippen LogP contribution in [0, 0.1) is 5.92 Å². The lowest BCUT2D eigenvalue weighted by Gasteiger charge is -2.42. The summed E-state index contributed by atoms with van der Waals surface area (Å²) in [5.41, 5.74) is 16.6. The molecule has 2 heterocycles. The molecule has 0 bridgehead atoms. The quantitative estimate of drug-likeness (QED) is 0.447. The minimum Gasteiger partial charge on any atom is -0.404 e. The van der Waals surface area contributed by atoms with E-state index in [0.717, 1.165) is 56.9 Å². The molecule has 174 valence electrons. The Morgan fingerprint density at radius 1 is 1.22 bits per heavy atom. The van der Waals surface area contributed by atoms with Crippen LogP contribution in [0.3, 0.4) is 0 Å². The van der Waals surface area contributed by atoms with E-state index in [-0.39, 0.29) is 6.04 Å². The van der Waals surface area contributed by atoms with Crippen molar-refractivity contribution in [2.24, 2.45) is 22.4 Å². The molecule has 5 N–H and O–H groups in total. The lowest BCUT2D eigenvalue weighted by Crippen LogP contribution is -2.48. The Labute approximate surface area is 192 Å². The van der Waals surface area contributed by atoms with Crippen molar-refractivity contribution in [1.82, 2.24) is 5.32 Å². The van der Waals surface area contributed by atoms with Gasteiger partial charge in [-0.1, -0.05) is 12.2 Å². The van der Waals surface area contributed by atoms with Crippen LogP contribution in [-0.4, -0.2) is 71.7 Å². The number of fused-ring (bicyclic) bond motifs is 1. The first-order valence-corrected chi connectivity index (χ1v) is 11.9. The fraction of sp³-hybridized carbons (Fsp3) is 0.560. The first-order chi connectivity index (χ1) is 15.5. The predicted octanol–water partition coefficient (Wildman–Crippen LogP) is 1.95. The molecule has 7 nitrogen and oxygen atoms in total. The lowest BCUT2D eigenvalue weighted by molar-refractivity contribution is 0.255. The summed E-state index contributed by atoms with van der Waals surface area (Å²) in [5.74, 6) is 0.744. The maximum atomic E-state index is 6.09. The first kappa shape index (κ1) is 22.7. The van der Waals surface area contributed by atoms with Crippen LogP contribution in [0.15, 0.2) is 47.1 Å². The second-order valence-electron chi connectivity index (χ2n) is 9.42. The molecule has 2 unspecified atom stereocenters. The van der Waals surface area contributed by atoms with Crippen molar-refractivity contribution in [3.63, 3.8) is 0 Å². The third-order valence-corrected chi connectivity index (χ3v) is 7.31. The van der Waals surface area contributed by atoms with Crippen LogP contribution in [0.25, 0.3) is 0 Å². The second-order valence-corrected chi connectivity index (χ2v) is 9.42. The van der Waals surface area contributed by atoms with Gasteiger partial charge in [-0.2, -0.15) is 0 Å². The molecule has 2 atom stereocenters. The van der Waals surface area contributed by atoms with Gasteiger partial charge >= 0.3 is 0 Å². The average Bonchev–Trinajstić information content (AvgIpc) is 2.80. The molecule has 2 aliphatic heterocycles. The highest BCUT2D eigenvalue weighted by Crippen LogP contribution is 2.38. The SMILES string of the molecule is CNC1C=CCN(c2ccc3c(c2)N(C)C(C(C=NC2CC(CCN)C2)=CN)CN3C)C1. The van der Waals surface area contributed by atoms with Gasteiger partial charge in [0.05, 0.1) is 23.5 Å². The summed E-state index contributed by atoms with van der Waals surface area (Å²) in [7, 11) is 6.35. The maximum absolute atomic E-state index is 6.09. The van der Waals surface area contributed by atoms with Gasteiger partial charge in [0.2, 0.25) is 0 Å². The third kappa shape index (κ3) is 4.64. The Bertz CT molecular complexity index is 871. The summed E-state index contributed by atoms with van der Waals surface area (Å²) in [6.45, 7) is 3.57. The highest BCUT2D eigenvalue weighted by molar-refractivity contribution is 5.85. The topological polar surface area (TPSA) is 86.1 Å². The number of benzene rings is 1. The molecule has 0 saturated heterocycles. The largest absolute Gasteiger partial charge is 0.404 e. The summed E-state index contributed by atoms with van der Waals surface area (Å²) >= 11 is 0. The standard InChI is InChI=1S/C25H39N7/c1-28-20-5-4-10-32(16-20)22-6-7-23-24(13-22)31(3)25(17-30(23)2)19(14-27)15-29-21-11-18(12-21)8-9-26/h4-7,13-15,18,20-21,25,28H,8-12,16-17,26-27H2,1-3H3. The van der Waals surface area contributed by atoms with Crippen molar-refractivity contribution in [2.75, 3.05) is 62.0 Å². The van der Waals surface area contributed by atoms with Crippen molar-refractivity contribution < 1.29 is 0 Å². The van der Waals surface area contributed by atoms with E-state index in [9.17, 15) is 0 Å². The van der Waals surface area contributed by atoms with Gasteiger partial charge in [-0.05, 0) is 57.0 Å². The zero-order valence-corrected chi connectivity index (χ0v) is 19.7. The molecule has 1 fully saturated rings. The predicted molar refractivity (Wildman–Crippen MR) is 137 cm³/mol. The molecule has 0 amide bonds. The van der Waals surface area contributed by atoms with Crippen LogP contribution < -0.4 is 31.5 Å². The molecule has 32 heavy (non-hydrogen) atoms. The minimum absolute atomic E-state index is 0.169. The highest BCUT2D eigenvalue weighted by atomic mass is 15.3. The first-order valence-electron chi connectivity index (χ1n) is 11.9. The van der Waals surface area contributed by atoms with Crippen LogP contribution in [0.4, 0.5) is 17.1 Å². The van der Waals surface area contributed by atoms with E-state index < -0.39 is 0 Å². The number of nitrogens with two attached hydrogens (primary N) is 2. The Morgan fingerprint density at radius 2 is 2.03 bits per heavy atom. The van der Waals surface area contributed by atoms with E-state index in [1.54, 1.807) is 6.20 Å². The summed E-state index contributed by atoms with van der Waals surface area (Å²) in [5, 5.41) is 3.36. The molecular weight excluding hydrogens is 398 g/mol. The number of nitrogens with one attached hydrogen (secondary N) is 1. The molecule has 1 aliphatic carbocycles. The van der Waals surface area contributed by atoms with Crippen molar-refractivity contribution in [3.05, 3.63) is 42.1 Å².